The lowest BCUT2D eigenvalue weighted by atomic mass is 10.0. The third-order valence-corrected chi connectivity index (χ3v) is 7.78. The Morgan fingerprint density at radius 2 is 1.85 bits per heavy atom. The zero-order valence-electron chi connectivity index (χ0n) is 21.7. The van der Waals surface area contributed by atoms with Gasteiger partial charge in [0.1, 0.15) is 11.6 Å². The molecule has 5 aromatic rings. The number of aromatic nitrogens is 3. The third kappa shape index (κ3) is 4.61. The van der Waals surface area contributed by atoms with Crippen LogP contribution in [0.2, 0.25) is 0 Å². The van der Waals surface area contributed by atoms with E-state index in [-0.39, 0.29) is 11.8 Å². The van der Waals surface area contributed by atoms with E-state index in [1.807, 2.05) is 89.9 Å². The predicted octanol–water partition coefficient (Wildman–Crippen LogP) is 7.22. The molecule has 6 rings (SSSR count). The van der Waals surface area contributed by atoms with Gasteiger partial charge in [0.2, 0.25) is 0 Å². The number of thioether (sulfide) groups is 1. The minimum absolute atomic E-state index is 0.266. The Hall–Kier alpha value is -4.30. The lowest BCUT2D eigenvalue weighted by Gasteiger charge is -2.31. The van der Waals surface area contributed by atoms with Gasteiger partial charge in [0.15, 0.2) is 0 Å². The summed E-state index contributed by atoms with van der Waals surface area (Å²) in [5, 5.41) is 8.09. The van der Waals surface area contributed by atoms with Crippen molar-refractivity contribution >= 4 is 23.5 Å². The summed E-state index contributed by atoms with van der Waals surface area (Å²) in [6, 6.07) is 27.4. The topological polar surface area (TPSA) is 55.1 Å². The Kier molecular flexibility index (Phi) is 6.70. The summed E-state index contributed by atoms with van der Waals surface area (Å²) in [5.74, 6) is 0.546. The summed E-state index contributed by atoms with van der Waals surface area (Å²) in [6.45, 7) is 2.38. The number of aryl methyl sites for hydroxylation is 1. The molecule has 8 heteroatoms. The van der Waals surface area contributed by atoms with E-state index < -0.39 is 6.04 Å². The van der Waals surface area contributed by atoms with Gasteiger partial charge in [-0.25, -0.2) is 13.9 Å². The monoisotopic (exact) mass is 537 g/mol. The second-order valence-electron chi connectivity index (χ2n) is 9.40. The molecule has 0 unspecified atom stereocenters. The summed E-state index contributed by atoms with van der Waals surface area (Å²) in [7, 11) is 0. The van der Waals surface area contributed by atoms with E-state index in [2.05, 4.69) is 16.8 Å². The number of anilines is 1. The number of urea groups is 1. The fourth-order valence-corrected chi connectivity index (χ4v) is 5.73. The molecule has 3 aromatic carbocycles. The van der Waals surface area contributed by atoms with E-state index in [0.717, 1.165) is 33.4 Å². The van der Waals surface area contributed by atoms with Crippen molar-refractivity contribution < 1.29 is 9.18 Å². The van der Waals surface area contributed by atoms with Crippen LogP contribution < -0.4 is 5.32 Å². The van der Waals surface area contributed by atoms with Crippen molar-refractivity contribution in [1.29, 1.82) is 0 Å². The number of hydrogen-bond acceptors (Lipinski definition) is 3. The highest BCUT2D eigenvalue weighted by molar-refractivity contribution is 7.98. The maximum absolute atomic E-state index is 14.5. The van der Waals surface area contributed by atoms with Crippen LogP contribution in [0.1, 0.15) is 35.5 Å². The van der Waals surface area contributed by atoms with E-state index >= 15 is 0 Å². The number of nitrogens with one attached hydrogen (secondary N) is 1. The zero-order chi connectivity index (χ0) is 26.9. The van der Waals surface area contributed by atoms with Crippen LogP contribution in [0.25, 0.3) is 11.5 Å². The van der Waals surface area contributed by atoms with Gasteiger partial charge in [-0.2, -0.15) is 5.10 Å². The van der Waals surface area contributed by atoms with Crippen LogP contribution >= 0.6 is 11.8 Å². The van der Waals surface area contributed by atoms with Crippen LogP contribution in [-0.2, 0) is 13.0 Å². The molecule has 0 saturated heterocycles. The van der Waals surface area contributed by atoms with Crippen molar-refractivity contribution in [3.63, 3.8) is 0 Å². The van der Waals surface area contributed by atoms with Crippen LogP contribution in [0, 0.1) is 5.82 Å². The number of fused-ring (bicyclic) bond motifs is 3. The van der Waals surface area contributed by atoms with Crippen molar-refractivity contribution in [2.24, 2.45) is 0 Å². The first-order valence-corrected chi connectivity index (χ1v) is 14.1. The number of benzene rings is 3. The molecule has 2 aromatic heterocycles. The number of nitrogens with zero attached hydrogens (tertiary/aromatic N) is 4. The minimum Gasteiger partial charge on any atom is -0.308 e. The van der Waals surface area contributed by atoms with Gasteiger partial charge in [-0.3, -0.25) is 0 Å². The van der Waals surface area contributed by atoms with Crippen molar-refractivity contribution in [3.8, 4) is 11.5 Å². The number of para-hydroxylation sites is 1. The SMILES string of the molecule is CCc1nn(-c2ccccc2)c2c1CN(C(=O)Nc1cccc(SC)c1)[C@H](c1cccc(F)c1)c1cccn1-2. The minimum atomic E-state index is -0.527. The first-order chi connectivity index (χ1) is 19.1. The second-order valence-corrected chi connectivity index (χ2v) is 10.3. The quantitative estimate of drug-likeness (QED) is 0.241. The summed E-state index contributed by atoms with van der Waals surface area (Å²) in [5.41, 5.74) is 5.07. The van der Waals surface area contributed by atoms with Gasteiger partial charge in [0.25, 0.3) is 0 Å². The lowest BCUT2D eigenvalue weighted by molar-refractivity contribution is 0.194. The molecule has 39 heavy (non-hydrogen) atoms. The molecule has 2 amide bonds. The molecule has 0 spiro atoms. The van der Waals surface area contributed by atoms with Crippen LogP contribution in [0.15, 0.2) is 102 Å². The van der Waals surface area contributed by atoms with Crippen molar-refractivity contribution in [3.05, 3.63) is 126 Å². The van der Waals surface area contributed by atoms with Gasteiger partial charge in [0, 0.05) is 22.3 Å². The summed E-state index contributed by atoms with van der Waals surface area (Å²) in [6.07, 6.45) is 4.70. The van der Waals surface area contributed by atoms with E-state index in [4.69, 9.17) is 5.10 Å². The van der Waals surface area contributed by atoms with E-state index in [1.54, 1.807) is 22.7 Å². The molecule has 1 aliphatic heterocycles. The Balaban J connectivity index is 1.54. The molecule has 0 radical (unpaired) electrons. The smallest absolute Gasteiger partial charge is 0.308 e. The normalized spacial score (nSPS) is 14.4. The fraction of sp³-hybridized carbons (Fsp3) is 0.161. The average molecular weight is 538 g/mol. The Bertz CT molecular complexity index is 1640. The van der Waals surface area contributed by atoms with Gasteiger partial charge in [0.05, 0.1) is 29.7 Å². The highest BCUT2D eigenvalue weighted by Gasteiger charge is 2.36. The van der Waals surface area contributed by atoms with Crippen molar-refractivity contribution in [1.82, 2.24) is 19.2 Å². The van der Waals surface area contributed by atoms with Gasteiger partial charge < -0.3 is 14.8 Å². The molecule has 0 bridgehead atoms. The molecule has 0 aliphatic carbocycles. The number of carbonyl (C=O) groups is 1. The van der Waals surface area contributed by atoms with Crippen molar-refractivity contribution in [2.75, 3.05) is 11.6 Å². The second kappa shape index (κ2) is 10.5. The van der Waals surface area contributed by atoms with E-state index in [1.165, 1.54) is 12.1 Å². The van der Waals surface area contributed by atoms with Gasteiger partial charge in [-0.05, 0) is 72.8 Å². The van der Waals surface area contributed by atoms with Gasteiger partial charge in [-0.15, -0.1) is 11.8 Å². The van der Waals surface area contributed by atoms with Crippen LogP contribution in [0.5, 0.6) is 0 Å². The lowest BCUT2D eigenvalue weighted by Crippen LogP contribution is -2.38. The molecule has 0 saturated carbocycles. The Labute approximate surface area is 231 Å². The standard InChI is InChI=1S/C31H28FN5OS/c1-3-27-26-20-36(31(38)33-23-12-8-15-25(19-23)39-2)29(21-10-7-11-22(32)18-21)28-16-9-17-35(28)30(26)37(34-27)24-13-5-4-6-14-24/h4-19,29H,3,20H2,1-2H3,(H,33,38)/t29-/m1/s1. The maximum Gasteiger partial charge on any atom is 0.322 e. The van der Waals surface area contributed by atoms with Crippen LogP contribution in [0.4, 0.5) is 14.9 Å². The number of hydrogen-bond donors (Lipinski definition) is 1. The fourth-order valence-electron chi connectivity index (χ4n) is 5.27. The predicted molar refractivity (Wildman–Crippen MR) is 153 cm³/mol. The third-order valence-electron chi connectivity index (χ3n) is 7.05. The Morgan fingerprint density at radius 1 is 1.03 bits per heavy atom. The maximum atomic E-state index is 14.5. The van der Waals surface area contributed by atoms with E-state index in [0.29, 0.717) is 24.2 Å². The Morgan fingerprint density at radius 3 is 2.62 bits per heavy atom. The van der Waals surface area contributed by atoms with Gasteiger partial charge >= 0.3 is 6.03 Å². The molecule has 1 atom stereocenters. The first kappa shape index (κ1) is 25.0. The van der Waals surface area contributed by atoms with Crippen molar-refractivity contribution in [2.45, 2.75) is 30.8 Å². The zero-order valence-corrected chi connectivity index (χ0v) is 22.5. The molecule has 3 heterocycles. The molecule has 0 fully saturated rings. The molecule has 1 N–H and O–H groups in total. The summed E-state index contributed by atoms with van der Waals surface area (Å²) in [4.78, 5) is 16.9. The molecule has 196 valence electrons. The number of amides is 2. The molecular weight excluding hydrogens is 509 g/mol. The van der Waals surface area contributed by atoms with Gasteiger partial charge in [-0.1, -0.05) is 43.3 Å². The highest BCUT2D eigenvalue weighted by atomic mass is 32.2. The highest BCUT2D eigenvalue weighted by Crippen LogP contribution is 2.39. The van der Waals surface area contributed by atoms with E-state index in [9.17, 15) is 9.18 Å². The molecule has 1 aliphatic rings. The summed E-state index contributed by atoms with van der Waals surface area (Å²) < 4.78 is 18.6. The average Bonchev–Trinajstić information content (AvgIpc) is 3.54. The summed E-state index contributed by atoms with van der Waals surface area (Å²) >= 11 is 1.62. The molecule has 6 nitrogen and oxygen atoms in total. The largest absolute Gasteiger partial charge is 0.322 e. The molecular formula is C31H28FN5OS. The van der Waals surface area contributed by atoms with Crippen LogP contribution in [-0.4, -0.2) is 31.5 Å². The van der Waals surface area contributed by atoms with Crippen LogP contribution in [0.3, 0.4) is 0 Å². The number of halogens is 1. The first-order valence-electron chi connectivity index (χ1n) is 12.9. The number of carbonyl (C=O) groups excluding carboxylic acids is 1. The number of rotatable bonds is 5.